The van der Waals surface area contributed by atoms with Gasteiger partial charge in [-0.05, 0) is 109 Å². The molecule has 10 heteroatoms. The van der Waals surface area contributed by atoms with Gasteiger partial charge in [0.25, 0.3) is 0 Å². The Hall–Kier alpha value is -5.25. The second-order valence-electron chi connectivity index (χ2n) is 11.3. The first-order valence-electron chi connectivity index (χ1n) is 15.3. The van der Waals surface area contributed by atoms with E-state index >= 15 is 0 Å². The first kappa shape index (κ1) is 28.5. The van der Waals surface area contributed by atoms with E-state index in [9.17, 15) is 4.39 Å². The van der Waals surface area contributed by atoms with Gasteiger partial charge in [0.2, 0.25) is 0 Å². The lowest BCUT2D eigenvalue weighted by Crippen LogP contribution is -2.18. The minimum absolute atomic E-state index is 0.0551. The highest BCUT2D eigenvalue weighted by Crippen LogP contribution is 2.36. The van der Waals surface area contributed by atoms with Crippen molar-refractivity contribution in [1.29, 1.82) is 0 Å². The van der Waals surface area contributed by atoms with Gasteiger partial charge in [0.15, 0.2) is 11.6 Å². The molecule has 0 spiro atoms. The van der Waals surface area contributed by atoms with Crippen LogP contribution in [0.3, 0.4) is 0 Å². The Bertz CT molecular complexity index is 1960. The van der Waals surface area contributed by atoms with Crippen LogP contribution in [0.15, 0.2) is 85.7 Å². The summed E-state index contributed by atoms with van der Waals surface area (Å²) in [5.41, 5.74) is 8.10. The second kappa shape index (κ2) is 12.8. The number of rotatable bonds is 5. The number of ether oxygens (including phenoxy) is 1. The van der Waals surface area contributed by atoms with Crippen molar-refractivity contribution in [1.82, 2.24) is 29.9 Å². The Balaban J connectivity index is 0.000000145. The fraction of sp³-hybridized carbons (Fsp3) is 0.257. The Morgan fingerprint density at radius 2 is 1.22 bits per heavy atom. The first-order valence-corrected chi connectivity index (χ1v) is 15.3. The minimum atomic E-state index is -0.196. The molecule has 0 fully saturated rings. The number of hydrogen-bond donors (Lipinski definition) is 2. The van der Waals surface area contributed by atoms with Gasteiger partial charge in [-0.1, -0.05) is 12.1 Å². The molecule has 45 heavy (non-hydrogen) atoms. The fourth-order valence-electron chi connectivity index (χ4n) is 6.30. The summed E-state index contributed by atoms with van der Waals surface area (Å²) in [5.74, 6) is 2.19. The largest absolute Gasteiger partial charge is 0.497 e. The highest BCUT2D eigenvalue weighted by molar-refractivity contribution is 5.85. The molecule has 6 aromatic rings. The minimum Gasteiger partial charge on any atom is -0.497 e. The van der Waals surface area contributed by atoms with Crippen molar-refractivity contribution in [2.75, 3.05) is 17.7 Å². The highest BCUT2D eigenvalue weighted by atomic mass is 19.1. The molecule has 0 bridgehead atoms. The van der Waals surface area contributed by atoms with Crippen molar-refractivity contribution in [2.45, 2.75) is 50.6 Å². The van der Waals surface area contributed by atoms with Crippen LogP contribution in [0.2, 0.25) is 0 Å². The maximum atomic E-state index is 13.6. The number of aromatic nitrogens is 6. The normalized spacial score (nSPS) is 17.0. The predicted molar refractivity (Wildman–Crippen MR) is 173 cm³/mol. The van der Waals surface area contributed by atoms with E-state index in [1.165, 1.54) is 29.1 Å². The lowest BCUT2D eigenvalue weighted by atomic mass is 9.87. The molecule has 2 aromatic carbocycles. The summed E-state index contributed by atoms with van der Waals surface area (Å²) >= 11 is 0. The van der Waals surface area contributed by atoms with Gasteiger partial charge in [0.1, 0.15) is 35.3 Å². The molecule has 2 aliphatic rings. The van der Waals surface area contributed by atoms with Crippen LogP contribution in [-0.2, 0) is 12.8 Å². The van der Waals surface area contributed by atoms with Crippen LogP contribution in [0.1, 0.15) is 60.0 Å². The third-order valence-corrected chi connectivity index (χ3v) is 8.50. The van der Waals surface area contributed by atoms with E-state index in [2.05, 4.69) is 52.7 Å². The molecular weight excluding hydrogens is 567 g/mol. The third kappa shape index (κ3) is 6.08. The molecule has 2 unspecified atom stereocenters. The SMILES string of the molecule is COc1ccc2c(c1)C(Nc1ncnc3cccnc13)CCC2.Fc1ccc2c(c1)C(Nc1ncnc3cccnc13)CCC2. The molecule has 2 aliphatic carbocycles. The highest BCUT2D eigenvalue weighted by Gasteiger charge is 2.23. The van der Waals surface area contributed by atoms with Gasteiger partial charge < -0.3 is 15.4 Å². The number of benzene rings is 2. The number of hydrogen-bond acceptors (Lipinski definition) is 9. The van der Waals surface area contributed by atoms with Crippen LogP contribution in [0, 0.1) is 5.82 Å². The van der Waals surface area contributed by atoms with E-state index in [4.69, 9.17) is 4.74 Å². The van der Waals surface area contributed by atoms with Gasteiger partial charge in [-0.25, -0.2) is 24.3 Å². The zero-order chi connectivity index (χ0) is 30.6. The van der Waals surface area contributed by atoms with Crippen molar-refractivity contribution < 1.29 is 9.13 Å². The average molecular weight is 601 g/mol. The molecule has 0 saturated heterocycles. The molecule has 0 amide bonds. The molecule has 9 nitrogen and oxygen atoms in total. The van der Waals surface area contributed by atoms with Crippen LogP contribution in [0.4, 0.5) is 16.0 Å². The van der Waals surface area contributed by atoms with E-state index in [0.29, 0.717) is 5.82 Å². The van der Waals surface area contributed by atoms with Gasteiger partial charge in [0, 0.05) is 12.4 Å². The van der Waals surface area contributed by atoms with E-state index in [-0.39, 0.29) is 17.9 Å². The van der Waals surface area contributed by atoms with E-state index < -0.39 is 0 Å². The van der Waals surface area contributed by atoms with Crippen LogP contribution in [0.25, 0.3) is 22.1 Å². The molecule has 0 aliphatic heterocycles. The number of methoxy groups -OCH3 is 1. The van der Waals surface area contributed by atoms with E-state index in [1.54, 1.807) is 31.9 Å². The Morgan fingerprint density at radius 1 is 0.667 bits per heavy atom. The predicted octanol–water partition coefficient (Wildman–Crippen LogP) is 7.18. The Labute approximate surface area is 260 Å². The molecule has 4 heterocycles. The number of nitrogens with one attached hydrogen (secondary N) is 2. The summed E-state index contributed by atoms with van der Waals surface area (Å²) in [6.07, 6.45) is 13.0. The fourth-order valence-corrected chi connectivity index (χ4v) is 6.30. The zero-order valence-electron chi connectivity index (χ0n) is 24.9. The number of halogens is 1. The number of aryl methyl sites for hydroxylation is 2. The van der Waals surface area contributed by atoms with E-state index in [1.807, 2.05) is 36.4 Å². The summed E-state index contributed by atoms with van der Waals surface area (Å²) in [7, 11) is 1.70. The number of anilines is 2. The van der Waals surface area contributed by atoms with Crippen LogP contribution >= 0.6 is 0 Å². The molecule has 0 saturated carbocycles. The smallest absolute Gasteiger partial charge is 0.156 e. The summed E-state index contributed by atoms with van der Waals surface area (Å²) in [5, 5.41) is 6.99. The van der Waals surface area contributed by atoms with Gasteiger partial charge in [-0.15, -0.1) is 0 Å². The quantitative estimate of drug-likeness (QED) is 0.213. The molecule has 2 N–H and O–H groups in total. The number of pyridine rings is 2. The van der Waals surface area contributed by atoms with Gasteiger partial charge in [-0.2, -0.15) is 0 Å². The second-order valence-corrected chi connectivity index (χ2v) is 11.3. The topological polar surface area (TPSA) is 111 Å². The van der Waals surface area contributed by atoms with Crippen LogP contribution < -0.4 is 15.4 Å². The lowest BCUT2D eigenvalue weighted by molar-refractivity contribution is 0.413. The summed E-state index contributed by atoms with van der Waals surface area (Å²) < 4.78 is 19.0. The number of fused-ring (bicyclic) bond motifs is 4. The Morgan fingerprint density at radius 3 is 1.80 bits per heavy atom. The molecular formula is C35H33FN8O. The summed E-state index contributed by atoms with van der Waals surface area (Å²) in [4.78, 5) is 26.0. The van der Waals surface area contributed by atoms with Crippen molar-refractivity contribution in [2.24, 2.45) is 0 Å². The van der Waals surface area contributed by atoms with Crippen molar-refractivity contribution >= 4 is 33.7 Å². The average Bonchev–Trinajstić information content (AvgIpc) is 3.09. The van der Waals surface area contributed by atoms with E-state index in [0.717, 1.165) is 77.7 Å². The standard InChI is InChI=1S/C18H18N4O.C17H15FN4/c1-23-13-8-7-12-4-2-5-15(14(12)10-13)22-18-17-16(20-11-21-18)6-3-9-19-17;18-12-7-6-11-3-1-4-14(13(11)9-12)22-17-16-15(20-10-21-17)5-2-8-19-16/h3,6-11,15H,2,4-5H2,1H3,(H,20,21,22);2,5-10,14H,1,3-4H2,(H,20,21,22). The van der Waals surface area contributed by atoms with Gasteiger partial charge in [-0.3, -0.25) is 9.97 Å². The monoisotopic (exact) mass is 600 g/mol. The summed E-state index contributed by atoms with van der Waals surface area (Å²) in [6, 6.07) is 19.2. The molecule has 226 valence electrons. The zero-order valence-corrected chi connectivity index (χ0v) is 24.9. The maximum Gasteiger partial charge on any atom is 0.156 e. The van der Waals surface area contributed by atoms with Crippen molar-refractivity contribution in [3.63, 3.8) is 0 Å². The van der Waals surface area contributed by atoms with Gasteiger partial charge >= 0.3 is 0 Å². The maximum absolute atomic E-state index is 13.6. The van der Waals surface area contributed by atoms with Crippen LogP contribution in [-0.4, -0.2) is 37.0 Å². The molecule has 0 radical (unpaired) electrons. The first-order chi connectivity index (χ1) is 22.2. The summed E-state index contributed by atoms with van der Waals surface area (Å²) in [6.45, 7) is 0. The molecule has 4 aromatic heterocycles. The number of nitrogens with zero attached hydrogens (tertiary/aromatic N) is 6. The molecule has 2 atom stereocenters. The third-order valence-electron chi connectivity index (χ3n) is 8.50. The Kier molecular flexibility index (Phi) is 8.09. The van der Waals surface area contributed by atoms with Crippen LogP contribution in [0.5, 0.6) is 5.75 Å². The molecule has 8 rings (SSSR count). The lowest BCUT2D eigenvalue weighted by Gasteiger charge is -2.27. The van der Waals surface area contributed by atoms with Crippen molar-refractivity contribution in [3.8, 4) is 5.75 Å². The van der Waals surface area contributed by atoms with Gasteiger partial charge in [0.05, 0.1) is 30.2 Å². The van der Waals surface area contributed by atoms with Crippen molar-refractivity contribution in [3.05, 3.63) is 114 Å².